The highest BCUT2D eigenvalue weighted by Gasteiger charge is 2.35. The minimum absolute atomic E-state index is 0.0227. The van der Waals surface area contributed by atoms with Crippen LogP contribution < -0.4 is 14.8 Å². The first-order valence-electron chi connectivity index (χ1n) is 11.2. The van der Waals surface area contributed by atoms with Crippen molar-refractivity contribution in [2.75, 3.05) is 26.1 Å². The van der Waals surface area contributed by atoms with Crippen LogP contribution >= 0.6 is 0 Å². The maximum atomic E-state index is 13.4. The molecular formula is C26H29N3O5. The van der Waals surface area contributed by atoms with Crippen LogP contribution in [0.25, 0.3) is 0 Å². The van der Waals surface area contributed by atoms with E-state index in [1.165, 1.54) is 0 Å². The molecule has 0 radical (unpaired) electrons. The maximum Gasteiger partial charge on any atom is 0.322 e. The normalized spacial score (nSPS) is 12.6. The van der Waals surface area contributed by atoms with Gasteiger partial charge in [-0.3, -0.25) is 4.79 Å². The number of nitrogens with one attached hydrogen (secondary N) is 1. The number of urea groups is 1. The highest BCUT2D eigenvalue weighted by atomic mass is 16.5. The van der Waals surface area contributed by atoms with Gasteiger partial charge < -0.3 is 29.0 Å². The van der Waals surface area contributed by atoms with Gasteiger partial charge in [-0.1, -0.05) is 30.3 Å². The van der Waals surface area contributed by atoms with Crippen molar-refractivity contribution in [2.24, 2.45) is 0 Å². The first-order chi connectivity index (χ1) is 16.6. The summed E-state index contributed by atoms with van der Waals surface area (Å²) in [7, 11) is 3.10. The second kappa shape index (κ2) is 10.8. The van der Waals surface area contributed by atoms with E-state index < -0.39 is 0 Å². The van der Waals surface area contributed by atoms with Gasteiger partial charge in [0.2, 0.25) is 5.91 Å². The Hall–Kier alpha value is -3.94. The Morgan fingerprint density at radius 3 is 2.26 bits per heavy atom. The van der Waals surface area contributed by atoms with Gasteiger partial charge in [0, 0.05) is 36.5 Å². The zero-order valence-electron chi connectivity index (χ0n) is 19.4. The van der Waals surface area contributed by atoms with E-state index in [9.17, 15) is 9.59 Å². The molecule has 1 aliphatic carbocycles. The zero-order chi connectivity index (χ0) is 23.9. The fraction of sp³-hybridized carbons (Fsp3) is 0.308. The van der Waals surface area contributed by atoms with E-state index in [0.717, 1.165) is 18.4 Å². The van der Waals surface area contributed by atoms with Crippen molar-refractivity contribution in [1.82, 2.24) is 9.80 Å². The summed E-state index contributed by atoms with van der Waals surface area (Å²) in [6.45, 7) is 0.729. The molecule has 0 spiro atoms. The second-order valence-electron chi connectivity index (χ2n) is 8.21. The third-order valence-corrected chi connectivity index (χ3v) is 5.65. The highest BCUT2D eigenvalue weighted by Crippen LogP contribution is 2.30. The molecule has 0 atom stereocenters. The summed E-state index contributed by atoms with van der Waals surface area (Å²) in [6.07, 6.45) is 3.34. The molecule has 1 N–H and O–H groups in total. The van der Waals surface area contributed by atoms with Gasteiger partial charge in [-0.25, -0.2) is 4.79 Å². The van der Waals surface area contributed by atoms with Crippen molar-refractivity contribution in [3.05, 3.63) is 78.3 Å². The molecule has 1 heterocycles. The first-order valence-corrected chi connectivity index (χ1v) is 11.2. The number of carbonyl (C=O) groups excluding carboxylic acids is 2. The third-order valence-electron chi connectivity index (χ3n) is 5.65. The molecular weight excluding hydrogens is 434 g/mol. The van der Waals surface area contributed by atoms with E-state index in [-0.39, 0.29) is 24.5 Å². The molecule has 0 unspecified atom stereocenters. The number of hydrogen-bond acceptors (Lipinski definition) is 5. The Morgan fingerprint density at radius 2 is 1.68 bits per heavy atom. The van der Waals surface area contributed by atoms with Crippen molar-refractivity contribution in [2.45, 2.75) is 32.0 Å². The molecule has 0 bridgehead atoms. The first kappa shape index (κ1) is 23.2. The van der Waals surface area contributed by atoms with Crippen LogP contribution in [0.5, 0.6) is 11.5 Å². The minimum atomic E-state index is -0.330. The number of furan rings is 1. The number of rotatable bonds is 10. The Morgan fingerprint density at radius 1 is 0.971 bits per heavy atom. The number of benzene rings is 2. The monoisotopic (exact) mass is 463 g/mol. The molecule has 4 rings (SSSR count). The Bertz CT molecular complexity index is 1070. The van der Waals surface area contributed by atoms with Gasteiger partial charge in [0.15, 0.2) is 0 Å². The molecule has 1 aromatic heterocycles. The fourth-order valence-corrected chi connectivity index (χ4v) is 3.70. The van der Waals surface area contributed by atoms with Crippen molar-refractivity contribution in [3.63, 3.8) is 0 Å². The van der Waals surface area contributed by atoms with E-state index in [1.807, 2.05) is 36.4 Å². The Kier molecular flexibility index (Phi) is 7.37. The van der Waals surface area contributed by atoms with Gasteiger partial charge in [-0.15, -0.1) is 0 Å². The molecule has 178 valence electrons. The lowest BCUT2D eigenvalue weighted by molar-refractivity contribution is -0.133. The van der Waals surface area contributed by atoms with Crippen molar-refractivity contribution >= 4 is 17.6 Å². The smallest absolute Gasteiger partial charge is 0.322 e. The van der Waals surface area contributed by atoms with E-state index in [0.29, 0.717) is 36.0 Å². The quantitative estimate of drug-likeness (QED) is 0.478. The van der Waals surface area contributed by atoms with E-state index in [4.69, 9.17) is 13.9 Å². The molecule has 8 nitrogen and oxygen atoms in total. The molecule has 0 saturated heterocycles. The summed E-state index contributed by atoms with van der Waals surface area (Å²) in [5.41, 5.74) is 1.55. The largest absolute Gasteiger partial charge is 0.497 e. The third kappa shape index (κ3) is 6.10. The summed E-state index contributed by atoms with van der Waals surface area (Å²) in [4.78, 5) is 29.9. The lowest BCUT2D eigenvalue weighted by Gasteiger charge is -2.27. The Labute approximate surface area is 199 Å². The van der Waals surface area contributed by atoms with Crippen LogP contribution in [0.15, 0.2) is 71.3 Å². The molecule has 3 amide bonds. The summed E-state index contributed by atoms with van der Waals surface area (Å²) in [6, 6.07) is 18.3. The van der Waals surface area contributed by atoms with E-state index >= 15 is 0 Å². The number of nitrogens with zero attached hydrogens (tertiary/aromatic N) is 2. The molecule has 2 aromatic carbocycles. The predicted octanol–water partition coefficient (Wildman–Crippen LogP) is 4.52. The van der Waals surface area contributed by atoms with Crippen LogP contribution in [-0.4, -0.2) is 48.5 Å². The van der Waals surface area contributed by atoms with E-state index in [1.54, 1.807) is 54.5 Å². The Balaban J connectivity index is 1.48. The van der Waals surface area contributed by atoms with Gasteiger partial charge >= 0.3 is 6.03 Å². The van der Waals surface area contributed by atoms with Crippen molar-refractivity contribution < 1.29 is 23.5 Å². The van der Waals surface area contributed by atoms with Crippen LogP contribution in [0.3, 0.4) is 0 Å². The van der Waals surface area contributed by atoms with Crippen LogP contribution in [0.4, 0.5) is 10.5 Å². The van der Waals surface area contributed by atoms with Crippen LogP contribution in [0.2, 0.25) is 0 Å². The van der Waals surface area contributed by atoms with Crippen LogP contribution in [-0.2, 0) is 17.9 Å². The summed E-state index contributed by atoms with van der Waals surface area (Å²) >= 11 is 0. The topological polar surface area (TPSA) is 84.3 Å². The summed E-state index contributed by atoms with van der Waals surface area (Å²) in [5.74, 6) is 1.67. The number of ether oxygens (including phenoxy) is 2. The summed E-state index contributed by atoms with van der Waals surface area (Å²) < 4.78 is 16.1. The number of carbonyl (C=O) groups is 2. The lowest BCUT2D eigenvalue weighted by Crippen LogP contribution is -2.45. The summed E-state index contributed by atoms with van der Waals surface area (Å²) in [5, 5.41) is 2.89. The molecule has 34 heavy (non-hydrogen) atoms. The highest BCUT2D eigenvalue weighted by molar-refractivity contribution is 5.93. The van der Waals surface area contributed by atoms with Gasteiger partial charge in [0.25, 0.3) is 0 Å². The van der Waals surface area contributed by atoms with Gasteiger partial charge in [0.1, 0.15) is 23.8 Å². The standard InChI is InChI=1S/C26H29N3O5/c1-32-23-13-20(14-24(15-23)33-2)27-26(31)29(21-10-11-21)18-25(30)28(17-22-9-6-12-34-22)16-19-7-4-3-5-8-19/h3-9,12-15,21H,10-11,16-18H2,1-2H3,(H,27,31). The van der Waals surface area contributed by atoms with Gasteiger partial charge in [-0.2, -0.15) is 0 Å². The maximum absolute atomic E-state index is 13.4. The second-order valence-corrected chi connectivity index (χ2v) is 8.21. The predicted molar refractivity (Wildman–Crippen MR) is 128 cm³/mol. The van der Waals surface area contributed by atoms with Gasteiger partial charge in [0.05, 0.1) is 27.0 Å². The molecule has 0 aliphatic heterocycles. The molecule has 1 saturated carbocycles. The number of hydrogen-bond donors (Lipinski definition) is 1. The lowest BCUT2D eigenvalue weighted by atomic mass is 10.2. The fourth-order valence-electron chi connectivity index (χ4n) is 3.70. The SMILES string of the molecule is COc1cc(NC(=O)N(CC(=O)N(Cc2ccccc2)Cc2ccco2)C2CC2)cc(OC)c1. The average Bonchev–Trinajstić information content (AvgIpc) is 3.57. The number of methoxy groups -OCH3 is 2. The average molecular weight is 464 g/mol. The molecule has 3 aromatic rings. The van der Waals surface area contributed by atoms with E-state index in [2.05, 4.69) is 5.32 Å². The van der Waals surface area contributed by atoms with Crippen molar-refractivity contribution in [3.8, 4) is 11.5 Å². The zero-order valence-corrected chi connectivity index (χ0v) is 19.4. The number of amides is 3. The molecule has 1 fully saturated rings. The van der Waals surface area contributed by atoms with Crippen LogP contribution in [0, 0.1) is 0 Å². The van der Waals surface area contributed by atoms with Crippen molar-refractivity contribution in [1.29, 1.82) is 0 Å². The van der Waals surface area contributed by atoms with Gasteiger partial charge in [-0.05, 0) is 30.5 Å². The molecule has 8 heteroatoms. The van der Waals surface area contributed by atoms with Crippen LogP contribution in [0.1, 0.15) is 24.2 Å². The molecule has 1 aliphatic rings. The minimum Gasteiger partial charge on any atom is -0.497 e. The number of anilines is 1.